The van der Waals surface area contributed by atoms with Crippen LogP contribution < -0.4 is 0 Å². The lowest BCUT2D eigenvalue weighted by molar-refractivity contribution is -0.164. The Hall–Kier alpha value is -2.74. The van der Waals surface area contributed by atoms with Gasteiger partial charge in [0.15, 0.2) is 5.78 Å². The Kier molecular flexibility index (Phi) is 5.96. The second kappa shape index (κ2) is 9.42. The van der Waals surface area contributed by atoms with Crippen LogP contribution in [0.4, 0.5) is 4.79 Å². The van der Waals surface area contributed by atoms with Crippen LogP contribution in [0.3, 0.4) is 0 Å². The molecule has 1 aromatic carbocycles. The fourth-order valence-electron chi connectivity index (χ4n) is 11.5. The maximum absolute atomic E-state index is 14.9. The Morgan fingerprint density at radius 2 is 1.82 bits per heavy atom. The van der Waals surface area contributed by atoms with E-state index in [-0.39, 0.29) is 40.1 Å². The van der Waals surface area contributed by atoms with Crippen LogP contribution in [-0.4, -0.2) is 46.7 Å². The number of nitrogens with zero attached hydrogens (tertiary/aromatic N) is 1. The number of aliphatic hydroxyl groups excluding tert-OH is 1. The molecule has 2 bridgehead atoms. The van der Waals surface area contributed by atoms with Gasteiger partial charge in [-0.05, 0) is 97.6 Å². The largest absolute Gasteiger partial charge is 0.440 e. The first kappa shape index (κ1) is 28.5. The maximum atomic E-state index is 14.9. The van der Waals surface area contributed by atoms with Crippen molar-refractivity contribution in [2.75, 3.05) is 13.1 Å². The van der Waals surface area contributed by atoms with E-state index < -0.39 is 11.0 Å². The lowest BCUT2D eigenvalue weighted by Crippen LogP contribution is -2.67. The number of rotatable bonds is 5. The predicted molar refractivity (Wildman–Crippen MR) is 179 cm³/mol. The van der Waals surface area contributed by atoms with Gasteiger partial charge in [-0.2, -0.15) is 0 Å². The van der Waals surface area contributed by atoms with Crippen LogP contribution in [0.1, 0.15) is 73.3 Å². The lowest BCUT2D eigenvalue weighted by Gasteiger charge is -2.71. The average molecular weight is 640 g/mol. The number of thiophene rings is 2. The molecule has 7 aliphatic rings. The highest BCUT2D eigenvalue weighted by atomic mass is 32.1. The summed E-state index contributed by atoms with van der Waals surface area (Å²) in [7, 11) is 0. The Balaban J connectivity index is 1.14. The number of aliphatic hydroxyl groups is 1. The molecular formula is C38H41NO4S2. The second-order valence-corrected chi connectivity index (χ2v) is 17.5. The summed E-state index contributed by atoms with van der Waals surface area (Å²) < 4.78 is 7.68. The molecule has 5 nitrogen and oxygen atoms in total. The zero-order valence-electron chi connectivity index (χ0n) is 26.1. The van der Waals surface area contributed by atoms with Gasteiger partial charge in [0.05, 0.1) is 17.5 Å². The van der Waals surface area contributed by atoms with Crippen LogP contribution in [0.15, 0.2) is 71.6 Å². The van der Waals surface area contributed by atoms with Crippen LogP contribution in [0.25, 0.3) is 10.1 Å². The monoisotopic (exact) mass is 639 g/mol. The van der Waals surface area contributed by atoms with E-state index in [0.717, 1.165) is 65.5 Å². The molecule has 1 aliphatic heterocycles. The number of Topliss-reactive ketones (excluding diaryl/α,β-unsaturated/α-hetero) is 1. The predicted octanol–water partition coefficient (Wildman–Crippen LogP) is 8.44. The maximum Gasteiger partial charge on any atom is 0.410 e. The number of amides is 1. The first-order valence-electron chi connectivity index (χ1n) is 16.8. The number of hydrogen-bond acceptors (Lipinski definition) is 6. The van der Waals surface area contributed by atoms with Crippen molar-refractivity contribution in [2.45, 2.75) is 76.9 Å². The van der Waals surface area contributed by atoms with Crippen molar-refractivity contribution in [3.05, 3.63) is 81.4 Å². The molecule has 3 heterocycles. The van der Waals surface area contributed by atoms with E-state index in [1.807, 2.05) is 17.0 Å². The molecule has 10 rings (SSSR count). The number of fused-ring (bicyclic) bond motifs is 3. The van der Waals surface area contributed by atoms with Crippen LogP contribution in [0.2, 0.25) is 0 Å². The molecule has 1 saturated heterocycles. The normalized spacial score (nSPS) is 41.2. The highest BCUT2D eigenvalue weighted by molar-refractivity contribution is 7.21. The molecule has 8 unspecified atom stereocenters. The third-order valence-corrected chi connectivity index (χ3v) is 15.8. The molecule has 3 aromatic rings. The van der Waals surface area contributed by atoms with Crippen LogP contribution in [0.5, 0.6) is 0 Å². The van der Waals surface area contributed by atoms with Gasteiger partial charge in [0.1, 0.15) is 5.60 Å². The zero-order valence-corrected chi connectivity index (χ0v) is 27.7. The fraction of sp³-hybridized carbons (Fsp3) is 0.526. The second-order valence-electron chi connectivity index (χ2n) is 15.4. The van der Waals surface area contributed by atoms with Gasteiger partial charge in [0.25, 0.3) is 0 Å². The highest BCUT2D eigenvalue weighted by Gasteiger charge is 2.76. The first-order valence-corrected chi connectivity index (χ1v) is 18.5. The molecule has 3 spiro atoms. The minimum absolute atomic E-state index is 0.0267. The number of benzene rings is 1. The van der Waals surface area contributed by atoms with Crippen LogP contribution in [0, 0.1) is 33.5 Å². The molecule has 6 aliphatic carbocycles. The van der Waals surface area contributed by atoms with Crippen LogP contribution in [-0.2, 0) is 11.2 Å². The van der Waals surface area contributed by atoms with Crippen molar-refractivity contribution in [2.24, 2.45) is 33.5 Å². The molecule has 7 heteroatoms. The van der Waals surface area contributed by atoms with Crippen LogP contribution >= 0.6 is 22.7 Å². The Labute approximate surface area is 273 Å². The van der Waals surface area contributed by atoms with E-state index in [1.54, 1.807) is 22.7 Å². The van der Waals surface area contributed by atoms with E-state index >= 15 is 0 Å². The van der Waals surface area contributed by atoms with Crippen molar-refractivity contribution in [1.29, 1.82) is 0 Å². The quantitative estimate of drug-likeness (QED) is 0.225. The molecule has 1 amide bonds. The molecule has 0 radical (unpaired) electrons. The van der Waals surface area contributed by atoms with E-state index in [2.05, 4.69) is 67.8 Å². The van der Waals surface area contributed by atoms with Gasteiger partial charge in [-0.25, -0.2) is 4.79 Å². The standard InChI is InChI=1S/C38H41NO4S2/c1-34-13-9-25(40)21-36(34)16-17-38(27(22-36)32(41)29-20-24-6-3-4-8-28(24)45-29)30(34)10-14-35(2)31(38)11-15-37(35)23-39(33(42)43-37)18-12-26-7-5-19-44-26/h3-8,16-17,19-20,22,25,30-31,40H,9-15,18,21,23H2,1-2H3. The molecule has 4 fully saturated rings. The Bertz CT molecular complexity index is 1760. The fourth-order valence-corrected chi connectivity index (χ4v) is 13.2. The molecule has 234 valence electrons. The summed E-state index contributed by atoms with van der Waals surface area (Å²) in [6.45, 7) is 6.14. The molecule has 3 saturated carbocycles. The van der Waals surface area contributed by atoms with Gasteiger partial charge in [-0.15, -0.1) is 22.7 Å². The third kappa shape index (κ3) is 3.58. The molecule has 45 heavy (non-hydrogen) atoms. The SMILES string of the molecule is CC12CCC(O)CC13C=CC1(C(C(=O)c4cc5ccccc5s4)=C3)C2CCC2(C)C1CCC21CN(CCc2cccs2)C(=O)O1. The zero-order chi connectivity index (χ0) is 30.8. The summed E-state index contributed by atoms with van der Waals surface area (Å²) in [6.07, 6.45) is 13.7. The number of ketones is 1. The molecule has 2 aromatic heterocycles. The summed E-state index contributed by atoms with van der Waals surface area (Å²) in [4.78, 5) is 32.4. The smallest absolute Gasteiger partial charge is 0.410 e. The highest BCUT2D eigenvalue weighted by Crippen LogP contribution is 2.79. The van der Waals surface area contributed by atoms with Gasteiger partial charge in [0, 0.05) is 37.9 Å². The number of carbonyl (C=O) groups excluding carboxylic acids is 2. The summed E-state index contributed by atoms with van der Waals surface area (Å²) in [5.74, 6) is 0.649. The molecule has 1 N–H and O–H groups in total. The number of hydrogen-bond donors (Lipinski definition) is 1. The van der Waals surface area contributed by atoms with Gasteiger partial charge in [0.2, 0.25) is 0 Å². The summed E-state index contributed by atoms with van der Waals surface area (Å²) in [5, 5.41) is 14.2. The summed E-state index contributed by atoms with van der Waals surface area (Å²) >= 11 is 3.34. The first-order chi connectivity index (χ1) is 21.6. The van der Waals surface area contributed by atoms with Crippen molar-refractivity contribution in [1.82, 2.24) is 4.90 Å². The molecular weight excluding hydrogens is 599 g/mol. The number of carbonyl (C=O) groups is 2. The number of ether oxygens (including phenoxy) is 1. The van der Waals surface area contributed by atoms with Gasteiger partial charge < -0.3 is 14.7 Å². The van der Waals surface area contributed by atoms with Crippen molar-refractivity contribution in [3.8, 4) is 0 Å². The van der Waals surface area contributed by atoms with Gasteiger partial charge in [-0.3, -0.25) is 4.79 Å². The molecule has 8 atom stereocenters. The van der Waals surface area contributed by atoms with E-state index in [1.165, 1.54) is 4.88 Å². The summed E-state index contributed by atoms with van der Waals surface area (Å²) in [6, 6.07) is 14.6. The average Bonchev–Trinajstić information content (AvgIpc) is 3.82. The van der Waals surface area contributed by atoms with Crippen molar-refractivity contribution < 1.29 is 19.4 Å². The third-order valence-electron chi connectivity index (χ3n) is 13.8. The Morgan fingerprint density at radius 3 is 2.64 bits per heavy atom. The number of allylic oxidation sites excluding steroid dienone is 4. The Morgan fingerprint density at radius 1 is 1.02 bits per heavy atom. The topological polar surface area (TPSA) is 66.8 Å². The minimum atomic E-state index is -0.542. The van der Waals surface area contributed by atoms with E-state index in [9.17, 15) is 14.7 Å². The van der Waals surface area contributed by atoms with E-state index in [4.69, 9.17) is 4.74 Å². The van der Waals surface area contributed by atoms with Crippen molar-refractivity contribution in [3.63, 3.8) is 0 Å². The van der Waals surface area contributed by atoms with Gasteiger partial charge in [-0.1, -0.05) is 56.3 Å². The summed E-state index contributed by atoms with van der Waals surface area (Å²) in [5.41, 5.74) is -0.608. The van der Waals surface area contributed by atoms with Crippen molar-refractivity contribution >= 4 is 44.6 Å². The minimum Gasteiger partial charge on any atom is -0.440 e. The van der Waals surface area contributed by atoms with E-state index in [0.29, 0.717) is 25.4 Å². The van der Waals surface area contributed by atoms with Gasteiger partial charge >= 0.3 is 6.09 Å². The lowest BCUT2D eigenvalue weighted by atomic mass is 9.32.